The summed E-state index contributed by atoms with van der Waals surface area (Å²) in [5.74, 6) is 0.0842. The second kappa shape index (κ2) is 5.82. The lowest BCUT2D eigenvalue weighted by atomic mass is 9.86. The first-order chi connectivity index (χ1) is 12.1. The molecule has 0 fully saturated rings. The van der Waals surface area contributed by atoms with Gasteiger partial charge in [-0.2, -0.15) is 0 Å². The number of likely N-dealkylation sites (N-methyl/N-ethyl adjacent to an activating group) is 1. The first-order valence-corrected chi connectivity index (χ1v) is 8.69. The van der Waals surface area contributed by atoms with Crippen LogP contribution in [0.2, 0.25) is 0 Å². The maximum Gasteiger partial charge on any atom is 0.267 e. The number of rotatable bonds is 3. The van der Waals surface area contributed by atoms with Crippen LogP contribution in [0.4, 0.5) is 0 Å². The molecule has 1 aliphatic rings. The number of pyridine rings is 1. The Morgan fingerprint density at radius 2 is 1.96 bits per heavy atom. The number of carbonyl (C=O) groups is 1. The highest BCUT2D eigenvalue weighted by atomic mass is 32.1. The first-order valence-electron chi connectivity index (χ1n) is 7.81. The summed E-state index contributed by atoms with van der Waals surface area (Å²) in [5.41, 5.74) is 7.64. The summed E-state index contributed by atoms with van der Waals surface area (Å²) >= 11 is 1.50. The minimum absolute atomic E-state index is 0.143. The molecule has 3 aromatic rings. The number of nitrogens with two attached hydrogens (primary N) is 1. The van der Waals surface area contributed by atoms with Gasteiger partial charge in [-0.25, -0.2) is 4.99 Å². The number of amides is 1. The van der Waals surface area contributed by atoms with Gasteiger partial charge < -0.3 is 5.73 Å². The monoisotopic (exact) mass is 348 g/mol. The maximum absolute atomic E-state index is 13.1. The van der Waals surface area contributed by atoms with Crippen molar-refractivity contribution in [2.45, 2.75) is 5.54 Å². The minimum atomic E-state index is -1.12. The largest absolute Gasteiger partial charge is 0.369 e. The third kappa shape index (κ3) is 2.34. The zero-order valence-electron chi connectivity index (χ0n) is 13.6. The molecular weight excluding hydrogens is 332 g/mol. The molecule has 1 atom stereocenters. The van der Waals surface area contributed by atoms with Gasteiger partial charge >= 0.3 is 0 Å². The highest BCUT2D eigenvalue weighted by Gasteiger charge is 2.50. The second-order valence-corrected chi connectivity index (χ2v) is 6.79. The molecule has 5 nitrogen and oxygen atoms in total. The lowest BCUT2D eigenvalue weighted by Crippen LogP contribution is -2.40. The van der Waals surface area contributed by atoms with Crippen LogP contribution >= 0.6 is 11.3 Å². The first kappa shape index (κ1) is 15.5. The Bertz CT molecular complexity index is 953. The van der Waals surface area contributed by atoms with Crippen LogP contribution in [0.5, 0.6) is 0 Å². The predicted octanol–water partition coefficient (Wildman–Crippen LogP) is 2.84. The van der Waals surface area contributed by atoms with E-state index in [2.05, 4.69) is 9.98 Å². The van der Waals surface area contributed by atoms with E-state index in [-0.39, 0.29) is 11.9 Å². The van der Waals surface area contributed by atoms with Crippen LogP contribution in [-0.4, -0.2) is 28.8 Å². The van der Waals surface area contributed by atoms with E-state index >= 15 is 0 Å². The molecule has 4 rings (SSSR count). The summed E-state index contributed by atoms with van der Waals surface area (Å²) < 4.78 is 0. The molecule has 2 N–H and O–H groups in total. The van der Waals surface area contributed by atoms with Gasteiger partial charge in [0.05, 0.1) is 0 Å². The van der Waals surface area contributed by atoms with Gasteiger partial charge in [0.15, 0.2) is 5.96 Å². The zero-order valence-corrected chi connectivity index (χ0v) is 14.4. The zero-order chi connectivity index (χ0) is 17.4. The normalized spacial score (nSPS) is 20.0. The van der Waals surface area contributed by atoms with Crippen molar-refractivity contribution in [3.05, 3.63) is 76.7 Å². The predicted molar refractivity (Wildman–Crippen MR) is 99.2 cm³/mol. The number of hydrogen-bond donors (Lipinski definition) is 1. The quantitative estimate of drug-likeness (QED) is 0.791. The maximum atomic E-state index is 13.1. The van der Waals surface area contributed by atoms with Crippen molar-refractivity contribution < 1.29 is 4.79 Å². The van der Waals surface area contributed by atoms with E-state index in [1.54, 1.807) is 19.4 Å². The van der Waals surface area contributed by atoms with Crippen molar-refractivity contribution in [2.24, 2.45) is 10.7 Å². The van der Waals surface area contributed by atoms with Crippen LogP contribution in [0.1, 0.15) is 10.4 Å². The average molecular weight is 348 g/mol. The molecule has 1 aliphatic heterocycles. The molecule has 3 heterocycles. The Labute approximate surface area is 149 Å². The van der Waals surface area contributed by atoms with Crippen LogP contribution in [0.3, 0.4) is 0 Å². The number of carbonyl (C=O) groups excluding carboxylic acids is 1. The highest BCUT2D eigenvalue weighted by Crippen LogP contribution is 2.42. The Balaban J connectivity index is 1.93. The Kier molecular flexibility index (Phi) is 3.62. The Hall–Kier alpha value is -2.99. The number of hydrogen-bond acceptors (Lipinski definition) is 5. The molecule has 1 unspecified atom stereocenters. The molecule has 0 spiro atoms. The molecule has 0 saturated heterocycles. The summed E-state index contributed by atoms with van der Waals surface area (Å²) in [7, 11) is 1.65. The fraction of sp³-hybridized carbons (Fsp3) is 0.105. The number of benzene rings is 1. The second-order valence-electron chi connectivity index (χ2n) is 5.84. The Morgan fingerprint density at radius 3 is 2.60 bits per heavy atom. The van der Waals surface area contributed by atoms with Crippen LogP contribution in [0, 0.1) is 0 Å². The topological polar surface area (TPSA) is 71.6 Å². The fourth-order valence-electron chi connectivity index (χ4n) is 3.07. The smallest absolute Gasteiger partial charge is 0.267 e. The lowest BCUT2D eigenvalue weighted by molar-refractivity contribution is -0.129. The summed E-state index contributed by atoms with van der Waals surface area (Å²) in [4.78, 5) is 24.1. The molecule has 2 aromatic heterocycles. The van der Waals surface area contributed by atoms with Gasteiger partial charge in [0.2, 0.25) is 5.54 Å². The number of aliphatic imine (C=N–C) groups is 1. The van der Waals surface area contributed by atoms with E-state index < -0.39 is 5.54 Å². The van der Waals surface area contributed by atoms with E-state index in [0.717, 1.165) is 21.6 Å². The fourth-order valence-corrected chi connectivity index (χ4v) is 3.96. The highest BCUT2D eigenvalue weighted by molar-refractivity contribution is 7.10. The third-order valence-corrected chi connectivity index (χ3v) is 5.37. The van der Waals surface area contributed by atoms with E-state index in [1.165, 1.54) is 16.2 Å². The molecule has 124 valence electrons. The summed E-state index contributed by atoms with van der Waals surface area (Å²) in [6, 6.07) is 15.6. The lowest BCUT2D eigenvalue weighted by Gasteiger charge is -2.24. The summed E-state index contributed by atoms with van der Waals surface area (Å²) in [6.45, 7) is 0. The molecule has 0 aliphatic carbocycles. The van der Waals surface area contributed by atoms with Crippen LogP contribution in [0.25, 0.3) is 11.1 Å². The van der Waals surface area contributed by atoms with Crippen LogP contribution in [0.15, 0.2) is 71.3 Å². The van der Waals surface area contributed by atoms with Crippen molar-refractivity contribution in [1.29, 1.82) is 0 Å². The van der Waals surface area contributed by atoms with Gasteiger partial charge in [0.1, 0.15) is 0 Å². The summed E-state index contributed by atoms with van der Waals surface area (Å²) in [6.07, 6.45) is 3.54. The van der Waals surface area contributed by atoms with Crippen molar-refractivity contribution in [1.82, 2.24) is 9.88 Å². The van der Waals surface area contributed by atoms with Gasteiger partial charge in [0, 0.05) is 24.3 Å². The standard InChI is InChI=1S/C19H16N4OS/c1-23-17(24)19(22-18(23)20,16-8-4-10-25-16)15-7-2-5-13(11-15)14-6-3-9-21-12-14/h2-12H,1H3,(H2,20,22). The molecule has 1 amide bonds. The third-order valence-electron chi connectivity index (χ3n) is 4.39. The van der Waals surface area contributed by atoms with Crippen molar-refractivity contribution in [2.75, 3.05) is 7.05 Å². The van der Waals surface area contributed by atoms with E-state index in [1.807, 2.05) is 53.9 Å². The van der Waals surface area contributed by atoms with Crippen molar-refractivity contribution in [3.8, 4) is 11.1 Å². The molecule has 0 radical (unpaired) electrons. The summed E-state index contributed by atoms with van der Waals surface area (Å²) in [5, 5.41) is 1.94. The molecule has 0 bridgehead atoms. The van der Waals surface area contributed by atoms with E-state index in [4.69, 9.17) is 5.73 Å². The Morgan fingerprint density at radius 1 is 1.12 bits per heavy atom. The van der Waals surface area contributed by atoms with Crippen LogP contribution in [-0.2, 0) is 10.3 Å². The number of guanidine groups is 1. The average Bonchev–Trinajstić information content (AvgIpc) is 3.27. The van der Waals surface area contributed by atoms with Gasteiger partial charge in [-0.05, 0) is 40.3 Å². The number of aromatic nitrogens is 1. The van der Waals surface area contributed by atoms with E-state index in [9.17, 15) is 4.79 Å². The van der Waals surface area contributed by atoms with Gasteiger partial charge in [0.25, 0.3) is 5.91 Å². The van der Waals surface area contributed by atoms with Crippen molar-refractivity contribution in [3.63, 3.8) is 0 Å². The minimum Gasteiger partial charge on any atom is -0.369 e. The number of thiophene rings is 1. The molecule has 0 saturated carbocycles. The van der Waals surface area contributed by atoms with Crippen molar-refractivity contribution >= 4 is 23.2 Å². The number of nitrogens with zero attached hydrogens (tertiary/aromatic N) is 3. The van der Waals surface area contributed by atoms with Gasteiger partial charge in [-0.3, -0.25) is 14.7 Å². The SMILES string of the molecule is CN1C(=O)C(c2cccc(-c3cccnc3)c2)(c2cccs2)N=C1N. The molecular formula is C19H16N4OS. The molecule has 25 heavy (non-hydrogen) atoms. The molecule has 1 aromatic carbocycles. The van der Waals surface area contributed by atoms with Gasteiger partial charge in [-0.15, -0.1) is 11.3 Å². The van der Waals surface area contributed by atoms with Crippen LogP contribution < -0.4 is 5.73 Å². The van der Waals surface area contributed by atoms with E-state index in [0.29, 0.717) is 0 Å². The molecule has 6 heteroatoms. The van der Waals surface area contributed by atoms with Gasteiger partial charge in [-0.1, -0.05) is 30.3 Å².